The zero-order valence-corrected chi connectivity index (χ0v) is 12.5. The molecule has 0 heterocycles. The summed E-state index contributed by atoms with van der Waals surface area (Å²) in [4.78, 5) is 0. The molecule has 0 atom stereocenters. The van der Waals surface area contributed by atoms with Crippen LogP contribution in [0.4, 0.5) is 4.39 Å². The van der Waals surface area contributed by atoms with E-state index in [9.17, 15) is 4.39 Å². The summed E-state index contributed by atoms with van der Waals surface area (Å²) >= 11 is 6.46. The van der Waals surface area contributed by atoms with E-state index in [1.807, 2.05) is 12.1 Å². The van der Waals surface area contributed by atoms with Crippen LogP contribution in [0.3, 0.4) is 0 Å². The third-order valence-corrected chi connectivity index (χ3v) is 3.50. The third-order valence-electron chi connectivity index (χ3n) is 2.36. The molecule has 94 valence electrons. The van der Waals surface area contributed by atoms with Crippen molar-refractivity contribution >= 4 is 31.9 Å². The van der Waals surface area contributed by atoms with Gasteiger partial charge in [0.05, 0.1) is 4.47 Å². The second-order valence-electron chi connectivity index (χ2n) is 3.63. The van der Waals surface area contributed by atoms with Gasteiger partial charge in [-0.05, 0) is 46.3 Å². The maximum absolute atomic E-state index is 13.4. The van der Waals surface area contributed by atoms with Crippen molar-refractivity contribution in [3.63, 3.8) is 0 Å². The van der Waals surface area contributed by atoms with E-state index in [0.717, 1.165) is 10.0 Å². The number of nitrogens with two attached hydrogens (primary N) is 1. The van der Waals surface area contributed by atoms with Crippen LogP contribution in [0.25, 0.3) is 0 Å². The lowest BCUT2D eigenvalue weighted by molar-refractivity contribution is 0.470. The first-order valence-electron chi connectivity index (χ1n) is 5.21. The molecule has 5 heteroatoms. The molecule has 0 saturated heterocycles. The summed E-state index contributed by atoms with van der Waals surface area (Å²) in [7, 11) is 0. The van der Waals surface area contributed by atoms with Crippen molar-refractivity contribution in [2.24, 2.45) is 5.73 Å². The maximum Gasteiger partial charge on any atom is 0.141 e. The largest absolute Gasteiger partial charge is 0.457 e. The smallest absolute Gasteiger partial charge is 0.141 e. The Labute approximate surface area is 121 Å². The Balaban J connectivity index is 2.30. The molecule has 0 amide bonds. The third kappa shape index (κ3) is 3.10. The van der Waals surface area contributed by atoms with Crippen LogP contribution in [-0.4, -0.2) is 0 Å². The van der Waals surface area contributed by atoms with Crippen LogP contribution in [0, 0.1) is 5.82 Å². The summed E-state index contributed by atoms with van der Waals surface area (Å²) < 4.78 is 20.3. The van der Waals surface area contributed by atoms with Gasteiger partial charge in [0.15, 0.2) is 0 Å². The number of rotatable bonds is 3. The Morgan fingerprint density at radius 2 is 1.89 bits per heavy atom. The summed E-state index contributed by atoms with van der Waals surface area (Å²) in [5, 5.41) is 0. The summed E-state index contributed by atoms with van der Waals surface area (Å²) in [6.45, 7) is 0.355. The fourth-order valence-corrected chi connectivity index (χ4v) is 2.13. The van der Waals surface area contributed by atoms with Gasteiger partial charge in [0.2, 0.25) is 0 Å². The first kappa shape index (κ1) is 13.5. The molecule has 2 N–H and O–H groups in total. The molecule has 18 heavy (non-hydrogen) atoms. The summed E-state index contributed by atoms with van der Waals surface area (Å²) in [5.41, 5.74) is 6.50. The molecular weight excluding hydrogens is 365 g/mol. The Hall–Kier alpha value is -0.910. The molecule has 2 rings (SSSR count). The second kappa shape index (κ2) is 5.82. The molecule has 0 aliphatic rings. The minimum absolute atomic E-state index is 0.355. The fraction of sp³-hybridized carbons (Fsp3) is 0.0769. The highest BCUT2D eigenvalue weighted by atomic mass is 79.9. The summed E-state index contributed by atoms with van der Waals surface area (Å²) in [6, 6.07) is 10.1. The zero-order chi connectivity index (χ0) is 13.1. The van der Waals surface area contributed by atoms with Crippen molar-refractivity contribution in [2.45, 2.75) is 6.54 Å². The van der Waals surface area contributed by atoms with Gasteiger partial charge in [0.25, 0.3) is 0 Å². The van der Waals surface area contributed by atoms with Gasteiger partial charge in [-0.1, -0.05) is 15.9 Å². The molecule has 0 radical (unpaired) electrons. The molecule has 0 aliphatic carbocycles. The fourth-order valence-electron chi connectivity index (χ4n) is 1.47. The van der Waals surface area contributed by atoms with Crippen LogP contribution in [0.15, 0.2) is 45.3 Å². The lowest BCUT2D eigenvalue weighted by Gasteiger charge is -2.10. The van der Waals surface area contributed by atoms with Gasteiger partial charge in [0.1, 0.15) is 17.3 Å². The zero-order valence-electron chi connectivity index (χ0n) is 9.29. The maximum atomic E-state index is 13.4. The molecule has 2 aromatic rings. The molecule has 2 aromatic carbocycles. The highest BCUT2D eigenvalue weighted by Crippen LogP contribution is 2.29. The normalized spacial score (nSPS) is 10.4. The minimum Gasteiger partial charge on any atom is -0.457 e. The van der Waals surface area contributed by atoms with Crippen molar-refractivity contribution in [1.82, 2.24) is 0 Å². The van der Waals surface area contributed by atoms with E-state index in [1.54, 1.807) is 18.2 Å². The number of hydrogen-bond donors (Lipinski definition) is 1. The van der Waals surface area contributed by atoms with Crippen LogP contribution < -0.4 is 10.5 Å². The van der Waals surface area contributed by atoms with Crippen LogP contribution in [0.1, 0.15) is 5.56 Å². The van der Waals surface area contributed by atoms with E-state index in [2.05, 4.69) is 31.9 Å². The van der Waals surface area contributed by atoms with Crippen LogP contribution >= 0.6 is 31.9 Å². The van der Waals surface area contributed by atoms with E-state index in [0.29, 0.717) is 22.5 Å². The van der Waals surface area contributed by atoms with Crippen LogP contribution in [-0.2, 0) is 6.54 Å². The lowest BCUT2D eigenvalue weighted by Crippen LogP contribution is -1.99. The van der Waals surface area contributed by atoms with Crippen molar-refractivity contribution in [2.75, 3.05) is 0 Å². The predicted octanol–water partition coefficient (Wildman–Crippen LogP) is 4.60. The highest BCUT2D eigenvalue weighted by Gasteiger charge is 2.06. The summed E-state index contributed by atoms with van der Waals surface area (Å²) in [5.74, 6) is 0.703. The van der Waals surface area contributed by atoms with Gasteiger partial charge in [0, 0.05) is 22.6 Å². The molecule has 0 aromatic heterocycles. The van der Waals surface area contributed by atoms with Gasteiger partial charge in [-0.15, -0.1) is 0 Å². The molecule has 2 nitrogen and oxygen atoms in total. The quantitative estimate of drug-likeness (QED) is 0.851. The van der Waals surface area contributed by atoms with Crippen molar-refractivity contribution in [1.29, 1.82) is 0 Å². The number of halogens is 3. The van der Waals surface area contributed by atoms with Crippen molar-refractivity contribution in [3.05, 3.63) is 56.7 Å². The van der Waals surface area contributed by atoms with Gasteiger partial charge in [-0.25, -0.2) is 4.39 Å². The molecular formula is C13H10Br2FNO. The van der Waals surface area contributed by atoms with Gasteiger partial charge in [-0.3, -0.25) is 0 Å². The first-order valence-corrected chi connectivity index (χ1v) is 6.80. The predicted molar refractivity (Wildman–Crippen MR) is 76.2 cm³/mol. The van der Waals surface area contributed by atoms with Crippen LogP contribution in [0.2, 0.25) is 0 Å². The average molecular weight is 375 g/mol. The number of benzene rings is 2. The Morgan fingerprint density at radius 1 is 1.11 bits per heavy atom. The Morgan fingerprint density at radius 3 is 2.56 bits per heavy atom. The molecule has 0 unspecified atom stereocenters. The van der Waals surface area contributed by atoms with Crippen molar-refractivity contribution in [3.8, 4) is 11.5 Å². The molecule has 0 fully saturated rings. The number of hydrogen-bond acceptors (Lipinski definition) is 2. The van der Waals surface area contributed by atoms with E-state index < -0.39 is 0 Å². The Kier molecular flexibility index (Phi) is 4.37. The SMILES string of the molecule is NCc1cc(Br)ccc1Oc1ccc(Br)c(F)c1. The highest BCUT2D eigenvalue weighted by molar-refractivity contribution is 9.10. The topological polar surface area (TPSA) is 35.2 Å². The minimum atomic E-state index is -0.362. The van der Waals surface area contributed by atoms with Crippen molar-refractivity contribution < 1.29 is 9.13 Å². The molecule has 0 aliphatic heterocycles. The second-order valence-corrected chi connectivity index (χ2v) is 5.40. The van der Waals surface area contributed by atoms with Gasteiger partial charge in [-0.2, -0.15) is 0 Å². The monoisotopic (exact) mass is 373 g/mol. The molecule has 0 bridgehead atoms. The van der Waals surface area contributed by atoms with E-state index in [4.69, 9.17) is 10.5 Å². The van der Waals surface area contributed by atoms with E-state index in [1.165, 1.54) is 6.07 Å². The van der Waals surface area contributed by atoms with Gasteiger partial charge < -0.3 is 10.5 Å². The van der Waals surface area contributed by atoms with E-state index >= 15 is 0 Å². The molecule has 0 spiro atoms. The summed E-state index contributed by atoms with van der Waals surface area (Å²) in [6.07, 6.45) is 0. The van der Waals surface area contributed by atoms with E-state index in [-0.39, 0.29) is 5.82 Å². The number of ether oxygens (including phenoxy) is 1. The average Bonchev–Trinajstić information content (AvgIpc) is 2.36. The van der Waals surface area contributed by atoms with Gasteiger partial charge >= 0.3 is 0 Å². The first-order chi connectivity index (χ1) is 8.60. The van der Waals surface area contributed by atoms with Crippen LogP contribution in [0.5, 0.6) is 11.5 Å². The lowest BCUT2D eigenvalue weighted by atomic mass is 10.2. The standard InChI is InChI=1S/C13H10Br2FNO/c14-9-1-4-13(8(5-9)7-17)18-10-2-3-11(15)12(16)6-10/h1-6H,7,17H2. The molecule has 0 saturated carbocycles. The Bertz CT molecular complexity index is 575.